The maximum atomic E-state index is 13.3. The predicted molar refractivity (Wildman–Crippen MR) is 316 cm³/mol. The maximum Gasteiger partial charge on any atom is 0.305 e. The predicted octanol–water partition coefficient (Wildman–Crippen LogP) is 20.5. The van der Waals surface area contributed by atoms with E-state index >= 15 is 0 Å². The van der Waals surface area contributed by atoms with Gasteiger partial charge in [-0.15, -0.1) is 6.58 Å². The number of Topliss-reactive ketones (excluding diaryl/α,β-unsaturated/α-hetero) is 1. The summed E-state index contributed by atoms with van der Waals surface area (Å²) < 4.78 is 18.2. The van der Waals surface area contributed by atoms with Crippen LogP contribution in [-0.2, 0) is 23.8 Å². The zero-order valence-electron chi connectivity index (χ0n) is 48.9. The van der Waals surface area contributed by atoms with Crippen LogP contribution < -0.4 is 0 Å². The van der Waals surface area contributed by atoms with E-state index in [9.17, 15) is 9.59 Å². The van der Waals surface area contributed by atoms with E-state index in [4.69, 9.17) is 14.2 Å². The van der Waals surface area contributed by atoms with Crippen LogP contribution in [-0.4, -0.2) is 62.2 Å². The molecule has 1 aliphatic rings. The van der Waals surface area contributed by atoms with Crippen molar-refractivity contribution in [3.8, 4) is 0 Å². The van der Waals surface area contributed by atoms with E-state index in [1.54, 1.807) is 0 Å². The number of rotatable bonds is 53. The van der Waals surface area contributed by atoms with Crippen LogP contribution in [0.25, 0.3) is 0 Å². The van der Waals surface area contributed by atoms with Crippen molar-refractivity contribution in [3.05, 3.63) is 30.7 Å². The summed E-state index contributed by atoms with van der Waals surface area (Å²) in [4.78, 5) is 28.4. The van der Waals surface area contributed by atoms with E-state index in [1.807, 2.05) is 19.9 Å². The molecule has 0 bridgehead atoms. The fraction of sp³-hybridized carbons (Fsp3) is 0.894. The number of esters is 1. The fourth-order valence-electron chi connectivity index (χ4n) is 11.0. The summed E-state index contributed by atoms with van der Waals surface area (Å²) in [5, 5.41) is 0. The zero-order valence-corrected chi connectivity index (χ0v) is 48.9. The van der Waals surface area contributed by atoms with Gasteiger partial charge in [0.2, 0.25) is 0 Å². The van der Waals surface area contributed by atoms with Crippen LogP contribution in [0.3, 0.4) is 0 Å². The normalized spacial score (nSPS) is 15.0. The molecule has 6 nitrogen and oxygen atoms in total. The quantitative estimate of drug-likeness (QED) is 0.0199. The molecule has 0 radical (unpaired) electrons. The molecule has 1 aliphatic heterocycles. The monoisotopic (exact) mass is 1010 g/mol. The van der Waals surface area contributed by atoms with Crippen LogP contribution >= 0.6 is 0 Å². The standard InChI is InChI=1S/C63H117NO5.C2H6.CH4/c1-8-15-26-38-57(39-27-16-9-2)42-34-50-68-62(14-7)44-30-22-20-24-32-48-64-54-59(53-61(65)47-46-56(36-13-6)37-19-12-5)52-60(64)55-67-49-33-25-21-23-31-45-63(66)69-51-35-43-58(40-28-17-10-3)41-29-18-11-4;1-2;/h12,56-60H,5,7-11,13,15-55H2,1-4,6H3;1-2H3;1H4/t56?,59-,60+;;/m1../s1. The van der Waals surface area contributed by atoms with E-state index in [-0.39, 0.29) is 13.4 Å². The van der Waals surface area contributed by atoms with Gasteiger partial charge in [0.15, 0.2) is 0 Å². The van der Waals surface area contributed by atoms with Gasteiger partial charge in [-0.25, -0.2) is 0 Å². The Morgan fingerprint density at radius 2 is 1.06 bits per heavy atom. The minimum Gasteiger partial charge on any atom is -0.490 e. The van der Waals surface area contributed by atoms with Crippen LogP contribution in [0.5, 0.6) is 0 Å². The Balaban J connectivity index is 0. The number of hydrogen-bond donors (Lipinski definition) is 0. The third-order valence-electron chi connectivity index (χ3n) is 15.4. The molecule has 1 unspecified atom stereocenters. The topological polar surface area (TPSA) is 65.1 Å². The first-order chi connectivity index (χ1) is 34.8. The lowest BCUT2D eigenvalue weighted by Gasteiger charge is -2.24. The molecule has 0 spiro atoms. The summed E-state index contributed by atoms with van der Waals surface area (Å²) in [7, 11) is 0. The average Bonchev–Trinajstić information content (AvgIpc) is 3.76. The van der Waals surface area contributed by atoms with Crippen molar-refractivity contribution >= 4 is 11.8 Å². The second kappa shape index (κ2) is 55.4. The highest BCUT2D eigenvalue weighted by Crippen LogP contribution is 2.30. The first-order valence-electron chi connectivity index (χ1n) is 31.4. The van der Waals surface area contributed by atoms with Crippen molar-refractivity contribution in [2.75, 3.05) is 39.5 Å². The number of unbranched alkanes of at least 4 members (excludes halogenated alkanes) is 16. The number of carbonyl (C=O) groups excluding carboxylic acids is 2. The van der Waals surface area contributed by atoms with Gasteiger partial charge in [-0.2, -0.15) is 0 Å². The van der Waals surface area contributed by atoms with Crippen molar-refractivity contribution < 1.29 is 23.8 Å². The highest BCUT2D eigenvalue weighted by atomic mass is 16.5. The third-order valence-corrected chi connectivity index (χ3v) is 15.4. The van der Waals surface area contributed by atoms with Gasteiger partial charge in [0.25, 0.3) is 0 Å². The summed E-state index contributed by atoms with van der Waals surface area (Å²) in [6.45, 7) is 28.4. The van der Waals surface area contributed by atoms with Crippen molar-refractivity contribution in [3.63, 3.8) is 0 Å². The molecule has 0 saturated carbocycles. The Bertz CT molecular complexity index is 1210. The molecule has 1 heterocycles. The molecule has 72 heavy (non-hydrogen) atoms. The minimum absolute atomic E-state index is 0. The van der Waals surface area contributed by atoms with Gasteiger partial charge < -0.3 is 14.2 Å². The second-order valence-corrected chi connectivity index (χ2v) is 21.8. The molecule has 1 rings (SSSR count). The van der Waals surface area contributed by atoms with E-state index < -0.39 is 0 Å². The Morgan fingerprint density at radius 1 is 0.556 bits per heavy atom. The van der Waals surface area contributed by atoms with E-state index in [0.29, 0.717) is 36.7 Å². The molecular weight excluding hydrogens is 887 g/mol. The lowest BCUT2D eigenvalue weighted by Crippen LogP contribution is -2.34. The molecule has 0 aromatic rings. The molecular formula is C66H127NO5. The number of ketones is 1. The molecule has 1 saturated heterocycles. The maximum absolute atomic E-state index is 13.3. The first kappa shape index (κ1) is 72.2. The van der Waals surface area contributed by atoms with Crippen LogP contribution in [0.15, 0.2) is 30.7 Å². The van der Waals surface area contributed by atoms with Crippen molar-refractivity contribution in [2.45, 2.75) is 319 Å². The SMILES string of the molecule is C.C=C=C(CCCCCCCN1C[C@@H](CC(=O)CCC(CCC)CCC=C)C[C@H]1COCCCCCCCC(=O)OCCCC(CCCCC)CCCCC)OCCCC(CCCCC)CCCCC.CC. The van der Waals surface area contributed by atoms with Crippen molar-refractivity contribution in [1.82, 2.24) is 4.90 Å². The van der Waals surface area contributed by atoms with Crippen molar-refractivity contribution in [2.24, 2.45) is 23.7 Å². The second-order valence-electron chi connectivity index (χ2n) is 21.8. The van der Waals surface area contributed by atoms with Crippen LogP contribution in [0.1, 0.15) is 313 Å². The Labute approximate surface area is 451 Å². The average molecular weight is 1010 g/mol. The Kier molecular flexibility index (Phi) is 55.5. The summed E-state index contributed by atoms with van der Waals surface area (Å²) in [6.07, 6.45) is 49.1. The van der Waals surface area contributed by atoms with Gasteiger partial charge in [0.05, 0.1) is 19.8 Å². The van der Waals surface area contributed by atoms with Crippen molar-refractivity contribution in [1.29, 1.82) is 0 Å². The third kappa shape index (κ3) is 43.4. The first-order valence-corrected chi connectivity index (χ1v) is 31.4. The number of hydrogen-bond acceptors (Lipinski definition) is 6. The van der Waals surface area contributed by atoms with Gasteiger partial charge in [-0.05, 0) is 107 Å². The molecule has 0 aromatic heterocycles. The highest BCUT2D eigenvalue weighted by Gasteiger charge is 2.33. The lowest BCUT2D eigenvalue weighted by atomic mass is 9.90. The minimum atomic E-state index is -0.0164. The lowest BCUT2D eigenvalue weighted by molar-refractivity contribution is -0.144. The van der Waals surface area contributed by atoms with Gasteiger partial charge in [-0.1, -0.05) is 228 Å². The number of carbonyl (C=O) groups is 2. The zero-order chi connectivity index (χ0) is 52.3. The number of allylic oxidation sites excluding steroid dienone is 2. The molecule has 3 atom stereocenters. The van der Waals surface area contributed by atoms with Crippen LogP contribution in [0.4, 0.5) is 0 Å². The van der Waals surface area contributed by atoms with E-state index in [1.165, 1.54) is 154 Å². The number of ether oxygens (including phenoxy) is 3. The van der Waals surface area contributed by atoms with Gasteiger partial charge in [0.1, 0.15) is 11.5 Å². The molecule has 1 fully saturated rings. The van der Waals surface area contributed by atoms with Crippen LogP contribution in [0, 0.1) is 23.7 Å². The van der Waals surface area contributed by atoms with Gasteiger partial charge in [0, 0.05) is 44.9 Å². The molecule has 0 N–H and O–H groups in total. The van der Waals surface area contributed by atoms with Gasteiger partial charge >= 0.3 is 5.97 Å². The molecule has 0 aliphatic carbocycles. The Hall–Kier alpha value is -1.88. The molecule has 0 aromatic carbocycles. The van der Waals surface area contributed by atoms with Crippen LogP contribution in [0.2, 0.25) is 0 Å². The summed E-state index contributed by atoms with van der Waals surface area (Å²) >= 11 is 0. The summed E-state index contributed by atoms with van der Waals surface area (Å²) in [5.41, 5.74) is 3.10. The smallest absolute Gasteiger partial charge is 0.305 e. The fourth-order valence-corrected chi connectivity index (χ4v) is 11.0. The molecule has 6 heteroatoms. The van der Waals surface area contributed by atoms with Gasteiger partial charge in [-0.3, -0.25) is 14.5 Å². The van der Waals surface area contributed by atoms with E-state index in [0.717, 1.165) is 147 Å². The number of likely N-dealkylation sites (tertiary alicyclic amines) is 1. The van der Waals surface area contributed by atoms with E-state index in [2.05, 4.69) is 58.4 Å². The largest absolute Gasteiger partial charge is 0.490 e. The number of nitrogens with zero attached hydrogens (tertiary/aromatic N) is 1. The molecule has 0 amide bonds. The molecule has 426 valence electrons. The Morgan fingerprint density at radius 3 is 1.60 bits per heavy atom. The highest BCUT2D eigenvalue weighted by molar-refractivity contribution is 5.78. The summed E-state index contributed by atoms with van der Waals surface area (Å²) in [5.74, 6) is 4.13. The summed E-state index contributed by atoms with van der Waals surface area (Å²) in [6, 6.07) is 0.405.